The summed E-state index contributed by atoms with van der Waals surface area (Å²) in [7, 11) is 0. The molecule has 1 aromatic heterocycles. The molecule has 4 rings (SSSR count). The van der Waals surface area contributed by atoms with E-state index in [1.54, 1.807) is 19.1 Å². The molecule has 4 N–H and O–H groups in total. The van der Waals surface area contributed by atoms with Crippen LogP contribution in [0.4, 0.5) is 20.4 Å². The van der Waals surface area contributed by atoms with Crippen molar-refractivity contribution in [2.75, 3.05) is 29.1 Å². The molecule has 32 heavy (non-hydrogen) atoms. The van der Waals surface area contributed by atoms with Crippen LogP contribution >= 0.6 is 11.8 Å². The fourth-order valence-corrected chi connectivity index (χ4v) is 3.34. The van der Waals surface area contributed by atoms with Crippen molar-refractivity contribution in [2.24, 2.45) is 5.10 Å². The van der Waals surface area contributed by atoms with Crippen LogP contribution in [0.15, 0.2) is 46.7 Å². The molecule has 10 nitrogen and oxygen atoms in total. The average Bonchev–Trinajstić information content (AvgIpc) is 3.38. The number of aromatic nitrogens is 3. The highest BCUT2D eigenvalue weighted by Crippen LogP contribution is 2.32. The molecule has 1 aliphatic heterocycles. The maximum atomic E-state index is 13.6. The van der Waals surface area contributed by atoms with Gasteiger partial charge in [-0.15, -0.1) is 10.2 Å². The zero-order valence-electron chi connectivity index (χ0n) is 16.6. The van der Waals surface area contributed by atoms with Gasteiger partial charge < -0.3 is 20.6 Å². The van der Waals surface area contributed by atoms with E-state index in [0.717, 1.165) is 34.1 Å². The topological polar surface area (TPSA) is 129 Å². The molecule has 0 bridgehead atoms. The van der Waals surface area contributed by atoms with Gasteiger partial charge in [-0.2, -0.15) is 5.10 Å². The van der Waals surface area contributed by atoms with Crippen LogP contribution in [0.1, 0.15) is 12.5 Å². The molecule has 0 unspecified atom stereocenters. The first-order valence-electron chi connectivity index (χ1n) is 9.19. The summed E-state index contributed by atoms with van der Waals surface area (Å²) in [5.74, 6) is 5.17. The second-order valence-electron chi connectivity index (χ2n) is 6.51. The van der Waals surface area contributed by atoms with Crippen LogP contribution in [0.2, 0.25) is 0 Å². The molecular weight excluding hydrogens is 444 g/mol. The monoisotopic (exact) mass is 461 g/mol. The van der Waals surface area contributed by atoms with Crippen molar-refractivity contribution < 1.29 is 23.0 Å². The Labute approximate surface area is 184 Å². The second kappa shape index (κ2) is 9.09. The number of carbonyl (C=O) groups excluding carboxylic acids is 1. The van der Waals surface area contributed by atoms with Crippen molar-refractivity contribution in [3.8, 4) is 11.5 Å². The summed E-state index contributed by atoms with van der Waals surface area (Å²) in [6.45, 7) is 1.97. The van der Waals surface area contributed by atoms with E-state index in [1.807, 2.05) is 6.07 Å². The molecule has 166 valence electrons. The number of rotatable bonds is 7. The number of anilines is 2. The van der Waals surface area contributed by atoms with Gasteiger partial charge in [0.2, 0.25) is 17.9 Å². The van der Waals surface area contributed by atoms with Gasteiger partial charge in [-0.3, -0.25) is 4.79 Å². The van der Waals surface area contributed by atoms with Gasteiger partial charge in [-0.1, -0.05) is 11.8 Å². The first kappa shape index (κ1) is 21.4. The van der Waals surface area contributed by atoms with E-state index in [1.165, 1.54) is 0 Å². The summed E-state index contributed by atoms with van der Waals surface area (Å²) in [6.07, 6.45) is 0. The van der Waals surface area contributed by atoms with Gasteiger partial charge in [-0.25, -0.2) is 18.9 Å². The first-order valence-corrected chi connectivity index (χ1v) is 10.2. The minimum atomic E-state index is -0.868. The molecule has 0 fully saturated rings. The summed E-state index contributed by atoms with van der Waals surface area (Å²) in [6, 6.07) is 8.31. The second-order valence-corrected chi connectivity index (χ2v) is 7.46. The lowest BCUT2D eigenvalue weighted by Crippen LogP contribution is -2.17. The molecule has 3 aromatic rings. The molecule has 0 spiro atoms. The molecular formula is C19H17F2N7O3S. The molecule has 13 heteroatoms. The summed E-state index contributed by atoms with van der Waals surface area (Å²) < 4.78 is 38.4. The lowest BCUT2D eigenvalue weighted by molar-refractivity contribution is -0.113. The Hall–Kier alpha value is -3.87. The predicted molar refractivity (Wildman–Crippen MR) is 114 cm³/mol. The Bertz CT molecular complexity index is 1200. The lowest BCUT2D eigenvalue weighted by atomic mass is 10.1. The van der Waals surface area contributed by atoms with E-state index in [2.05, 4.69) is 26.0 Å². The molecule has 1 aliphatic rings. The van der Waals surface area contributed by atoms with E-state index < -0.39 is 17.5 Å². The highest BCUT2D eigenvalue weighted by molar-refractivity contribution is 7.99. The number of nitrogen functional groups attached to an aromatic ring is 1. The molecule has 2 heterocycles. The van der Waals surface area contributed by atoms with Crippen molar-refractivity contribution in [2.45, 2.75) is 12.1 Å². The van der Waals surface area contributed by atoms with Crippen LogP contribution in [0, 0.1) is 11.6 Å². The third kappa shape index (κ3) is 4.72. The van der Waals surface area contributed by atoms with Crippen LogP contribution < -0.4 is 26.1 Å². The number of amides is 1. The number of nitrogens with two attached hydrogens (primary N) is 1. The zero-order chi connectivity index (χ0) is 22.7. The zero-order valence-corrected chi connectivity index (χ0v) is 17.4. The number of thioether (sulfide) groups is 1. The van der Waals surface area contributed by atoms with Gasteiger partial charge >= 0.3 is 0 Å². The molecule has 0 radical (unpaired) electrons. The summed E-state index contributed by atoms with van der Waals surface area (Å²) in [5.41, 5.74) is 4.05. The Morgan fingerprint density at radius 2 is 2.03 bits per heavy atom. The highest BCUT2D eigenvalue weighted by atomic mass is 32.2. The van der Waals surface area contributed by atoms with Crippen LogP contribution in [0.25, 0.3) is 0 Å². The summed E-state index contributed by atoms with van der Waals surface area (Å²) in [4.78, 5) is 12.0. The molecule has 0 aliphatic carbocycles. The van der Waals surface area contributed by atoms with Crippen molar-refractivity contribution in [3.05, 3.63) is 53.6 Å². The van der Waals surface area contributed by atoms with Crippen molar-refractivity contribution >= 4 is 35.0 Å². The maximum absolute atomic E-state index is 13.6. The maximum Gasteiger partial charge on any atom is 0.264 e. The summed E-state index contributed by atoms with van der Waals surface area (Å²) in [5, 5.41) is 14.6. The number of hydrogen-bond acceptors (Lipinski definition) is 9. The van der Waals surface area contributed by atoms with Gasteiger partial charge in [0.25, 0.3) is 5.95 Å². The smallest absolute Gasteiger partial charge is 0.264 e. The van der Waals surface area contributed by atoms with Crippen molar-refractivity contribution in [1.29, 1.82) is 0 Å². The molecule has 1 amide bonds. The lowest BCUT2D eigenvalue weighted by Gasteiger charge is -2.07. The van der Waals surface area contributed by atoms with Crippen LogP contribution in [-0.4, -0.2) is 39.0 Å². The largest absolute Gasteiger partial charge is 0.454 e. The van der Waals surface area contributed by atoms with Crippen LogP contribution in [-0.2, 0) is 4.79 Å². The SMILES string of the molecule is C/C(=N\Nc1nnc(SCC(=O)Nc2ccc(F)cc2F)n1N)c1ccc2c(c1)OCO2. The Kier molecular flexibility index (Phi) is 6.07. The fraction of sp³-hybridized carbons (Fsp3) is 0.158. The van der Waals surface area contributed by atoms with E-state index in [9.17, 15) is 13.6 Å². The fourth-order valence-electron chi connectivity index (χ4n) is 2.68. The number of carbonyl (C=O) groups is 1. The highest BCUT2D eigenvalue weighted by Gasteiger charge is 2.15. The minimum Gasteiger partial charge on any atom is -0.454 e. The summed E-state index contributed by atoms with van der Waals surface area (Å²) >= 11 is 0.985. The van der Waals surface area contributed by atoms with E-state index in [-0.39, 0.29) is 29.3 Å². The Balaban J connectivity index is 1.34. The predicted octanol–water partition coefficient (Wildman–Crippen LogP) is 2.57. The van der Waals surface area contributed by atoms with Gasteiger partial charge in [-0.05, 0) is 37.3 Å². The third-order valence-corrected chi connectivity index (χ3v) is 5.26. The van der Waals surface area contributed by atoms with Crippen molar-refractivity contribution in [1.82, 2.24) is 14.9 Å². The quantitative estimate of drug-likeness (QED) is 0.212. The molecule has 2 aromatic carbocycles. The third-order valence-electron chi connectivity index (χ3n) is 4.32. The molecule has 0 saturated carbocycles. The minimum absolute atomic E-state index is 0.119. The number of nitrogens with zero attached hydrogens (tertiary/aromatic N) is 4. The standard InChI is InChI=1S/C19H17F2N7O3S/c1-10(11-2-5-15-16(6-11)31-9-30-15)24-25-18-26-27-19(28(18)22)32-8-17(29)23-14-4-3-12(20)7-13(14)21/h2-7H,8-9,22H2,1H3,(H,23,29)(H,25,26)/b24-10+. The first-order chi connectivity index (χ1) is 15.4. The van der Waals surface area contributed by atoms with Gasteiger partial charge in [0, 0.05) is 11.6 Å². The van der Waals surface area contributed by atoms with Gasteiger partial charge in [0.05, 0.1) is 17.2 Å². The number of hydrogen-bond donors (Lipinski definition) is 3. The van der Waals surface area contributed by atoms with E-state index >= 15 is 0 Å². The number of fused-ring (bicyclic) bond motifs is 1. The number of halogens is 2. The Morgan fingerprint density at radius 3 is 2.84 bits per heavy atom. The van der Waals surface area contributed by atoms with Gasteiger partial charge in [0.1, 0.15) is 11.6 Å². The number of benzene rings is 2. The van der Waals surface area contributed by atoms with E-state index in [4.69, 9.17) is 15.3 Å². The normalized spacial score (nSPS) is 12.7. The Morgan fingerprint density at radius 1 is 1.22 bits per heavy atom. The van der Waals surface area contributed by atoms with Gasteiger partial charge in [0.15, 0.2) is 11.5 Å². The molecule has 0 atom stereocenters. The number of nitrogens with one attached hydrogen (secondary N) is 2. The van der Waals surface area contributed by atoms with Crippen LogP contribution in [0.3, 0.4) is 0 Å². The van der Waals surface area contributed by atoms with Crippen LogP contribution in [0.5, 0.6) is 11.5 Å². The average molecular weight is 461 g/mol. The molecule has 0 saturated heterocycles. The van der Waals surface area contributed by atoms with E-state index in [0.29, 0.717) is 23.3 Å². The van der Waals surface area contributed by atoms with Crippen molar-refractivity contribution in [3.63, 3.8) is 0 Å². The number of hydrazone groups is 1. The number of ether oxygens (including phenoxy) is 2.